The van der Waals surface area contributed by atoms with Crippen LogP contribution in [0.5, 0.6) is 0 Å². The van der Waals surface area contributed by atoms with Crippen molar-refractivity contribution < 1.29 is 0 Å². The fourth-order valence-corrected chi connectivity index (χ4v) is 15.3. The molecule has 1 spiro atoms. The summed E-state index contributed by atoms with van der Waals surface area (Å²) in [5.74, 6) is 0. The highest BCUT2D eigenvalue weighted by atomic mass is 14.6. The SMILES string of the molecule is c1ccc(-c2cc3c(c4c2C2(c5ccccc5-c5ccccc52)c2c(-c5ccccc5)cc5c(c2-4)c2c4ccccc4ccc2c2ccc4ccccc4c25)c2c4ccccc4ccc2c2ccc4ccccc4c23)cc1. The van der Waals surface area contributed by atoms with Gasteiger partial charge >= 0.3 is 0 Å². The molecule has 0 nitrogen and oxygen atoms in total. The molecule has 18 rings (SSSR count). The fraction of sp³-hybridized carbons (Fsp3) is 0.0130. The molecular formula is C77H44. The third-order valence-corrected chi connectivity index (χ3v) is 18.1. The van der Waals surface area contributed by atoms with Crippen LogP contribution in [0, 0.1) is 0 Å². The molecule has 0 amide bonds. The summed E-state index contributed by atoms with van der Waals surface area (Å²) < 4.78 is 0. The number of hydrogen-bond donors (Lipinski definition) is 0. The molecule has 16 aromatic rings. The molecule has 16 aromatic carbocycles. The first-order valence-corrected chi connectivity index (χ1v) is 27.1. The van der Waals surface area contributed by atoms with Crippen molar-refractivity contribution in [3.63, 3.8) is 0 Å². The average molecular weight is 969 g/mol. The number of rotatable bonds is 2. The van der Waals surface area contributed by atoms with Gasteiger partial charge in [-0.1, -0.05) is 255 Å². The predicted octanol–water partition coefficient (Wildman–Crippen LogP) is 20.9. The number of hydrogen-bond acceptors (Lipinski definition) is 0. The molecule has 0 saturated heterocycles. The molecule has 77 heavy (non-hydrogen) atoms. The first-order valence-electron chi connectivity index (χ1n) is 27.1. The van der Waals surface area contributed by atoms with E-state index in [1.165, 1.54) is 174 Å². The number of fused-ring (bicyclic) bond motifs is 32. The molecule has 0 saturated carbocycles. The van der Waals surface area contributed by atoms with Gasteiger partial charge < -0.3 is 0 Å². The van der Waals surface area contributed by atoms with Gasteiger partial charge in [0.1, 0.15) is 0 Å². The Hall–Kier alpha value is -9.88. The molecule has 0 radical (unpaired) electrons. The summed E-state index contributed by atoms with van der Waals surface area (Å²) in [5.41, 5.74) is 14.8. The van der Waals surface area contributed by atoms with Crippen molar-refractivity contribution in [2.75, 3.05) is 0 Å². The van der Waals surface area contributed by atoms with Gasteiger partial charge in [-0.2, -0.15) is 0 Å². The van der Waals surface area contributed by atoms with Crippen molar-refractivity contribution in [1.29, 1.82) is 0 Å². The van der Waals surface area contributed by atoms with Gasteiger partial charge in [-0.25, -0.2) is 0 Å². The fourth-order valence-electron chi connectivity index (χ4n) is 15.3. The molecule has 0 fully saturated rings. The molecule has 2 aliphatic rings. The highest BCUT2D eigenvalue weighted by molar-refractivity contribution is 6.43. The summed E-state index contributed by atoms with van der Waals surface area (Å²) in [7, 11) is 0. The molecule has 0 heterocycles. The van der Waals surface area contributed by atoms with Crippen LogP contribution in [0.3, 0.4) is 0 Å². The second-order valence-electron chi connectivity index (χ2n) is 21.6. The summed E-state index contributed by atoms with van der Waals surface area (Å²) >= 11 is 0. The van der Waals surface area contributed by atoms with E-state index in [1.807, 2.05) is 0 Å². The topological polar surface area (TPSA) is 0 Å². The van der Waals surface area contributed by atoms with E-state index in [9.17, 15) is 0 Å². The van der Waals surface area contributed by atoms with E-state index in [0.717, 1.165) is 0 Å². The summed E-state index contributed by atoms with van der Waals surface area (Å²) in [4.78, 5) is 0. The Morgan fingerprint density at radius 3 is 0.896 bits per heavy atom. The second kappa shape index (κ2) is 15.1. The van der Waals surface area contributed by atoms with E-state index in [0.29, 0.717) is 0 Å². The zero-order valence-corrected chi connectivity index (χ0v) is 41.9. The molecule has 0 bridgehead atoms. The Labute approximate surface area is 444 Å². The zero-order chi connectivity index (χ0) is 50.1. The van der Waals surface area contributed by atoms with Crippen molar-refractivity contribution in [3.8, 4) is 44.5 Å². The van der Waals surface area contributed by atoms with Gasteiger partial charge in [-0.3, -0.25) is 0 Å². The van der Waals surface area contributed by atoms with E-state index in [1.54, 1.807) is 0 Å². The van der Waals surface area contributed by atoms with E-state index in [2.05, 4.69) is 267 Å². The maximum Gasteiger partial charge on any atom is 0.0738 e. The molecule has 0 unspecified atom stereocenters. The van der Waals surface area contributed by atoms with Crippen LogP contribution in [0.25, 0.3) is 152 Å². The van der Waals surface area contributed by atoms with Crippen LogP contribution < -0.4 is 0 Å². The maximum absolute atomic E-state index is 2.64. The Morgan fingerprint density at radius 1 is 0.195 bits per heavy atom. The highest BCUT2D eigenvalue weighted by Crippen LogP contribution is 2.70. The molecule has 0 aromatic heterocycles. The number of benzene rings is 16. The van der Waals surface area contributed by atoms with Crippen LogP contribution >= 0.6 is 0 Å². The lowest BCUT2D eigenvalue weighted by atomic mass is 9.66. The smallest absolute Gasteiger partial charge is 0.0622 e. The Balaban J connectivity index is 1.26. The van der Waals surface area contributed by atoms with Gasteiger partial charge in [0.2, 0.25) is 0 Å². The summed E-state index contributed by atoms with van der Waals surface area (Å²) in [6.45, 7) is 0. The summed E-state index contributed by atoms with van der Waals surface area (Å²) in [5, 5.41) is 25.5. The van der Waals surface area contributed by atoms with E-state index < -0.39 is 5.41 Å². The first kappa shape index (κ1) is 41.5. The minimum Gasteiger partial charge on any atom is -0.0622 e. The predicted molar refractivity (Wildman–Crippen MR) is 329 cm³/mol. The molecular weight excluding hydrogens is 925 g/mol. The van der Waals surface area contributed by atoms with E-state index >= 15 is 0 Å². The molecule has 0 N–H and O–H groups in total. The van der Waals surface area contributed by atoms with Crippen LogP contribution in [0.4, 0.5) is 0 Å². The van der Waals surface area contributed by atoms with Gasteiger partial charge in [0, 0.05) is 0 Å². The van der Waals surface area contributed by atoms with E-state index in [4.69, 9.17) is 0 Å². The minimum atomic E-state index is -0.758. The summed E-state index contributed by atoms with van der Waals surface area (Å²) in [6, 6.07) is 102. The first-order chi connectivity index (χ1) is 38.3. The Morgan fingerprint density at radius 2 is 0.506 bits per heavy atom. The van der Waals surface area contributed by atoms with Gasteiger partial charge in [0.05, 0.1) is 5.41 Å². The van der Waals surface area contributed by atoms with Crippen molar-refractivity contribution in [2.24, 2.45) is 0 Å². The Bertz CT molecular complexity index is 4980. The normalized spacial score (nSPS) is 13.3. The third kappa shape index (κ3) is 5.22. The van der Waals surface area contributed by atoms with Crippen molar-refractivity contribution in [2.45, 2.75) is 5.41 Å². The van der Waals surface area contributed by atoms with Crippen molar-refractivity contribution in [3.05, 3.63) is 289 Å². The average Bonchev–Trinajstić information content (AvgIpc) is 3.47. The quantitative estimate of drug-likeness (QED) is 0.151. The van der Waals surface area contributed by atoms with E-state index in [-0.39, 0.29) is 0 Å². The molecule has 0 heteroatoms. The van der Waals surface area contributed by atoms with Gasteiger partial charge in [0.15, 0.2) is 0 Å². The standard InChI is InChI=1S/C77H44/c1-3-19-45(20-4-1)61-43-63-67-51-27-11-7-23-47(51)35-39-57(67)59-41-37-49-25-9-13-29-53(49)69(59)71(63)73-74-72-64(68-52-28-12-8-24-48(52)36-40-58(68)60-42-38-50-26-10-14-30-54(50)70(60)72)44-62(46-21-5-2-6-22-46)76(74)77(75(61)73)65-33-17-15-31-55(65)56-32-16-18-34-66(56)77/h1-44H. The maximum atomic E-state index is 2.64. The third-order valence-electron chi connectivity index (χ3n) is 18.1. The molecule has 0 atom stereocenters. The minimum absolute atomic E-state index is 0.758. The van der Waals surface area contributed by atoms with Crippen LogP contribution in [0.2, 0.25) is 0 Å². The highest BCUT2D eigenvalue weighted by Gasteiger charge is 2.55. The molecule has 352 valence electrons. The van der Waals surface area contributed by atoms with Crippen LogP contribution in [0.15, 0.2) is 267 Å². The Kier molecular flexibility index (Phi) is 8.15. The monoisotopic (exact) mass is 968 g/mol. The van der Waals surface area contributed by atoms with Crippen molar-refractivity contribution >= 4 is 108 Å². The summed E-state index contributed by atoms with van der Waals surface area (Å²) in [6.07, 6.45) is 0. The largest absolute Gasteiger partial charge is 0.0738 e. The molecule has 2 aliphatic carbocycles. The molecule has 0 aliphatic heterocycles. The van der Waals surface area contributed by atoms with Crippen LogP contribution in [-0.2, 0) is 5.41 Å². The van der Waals surface area contributed by atoms with Gasteiger partial charge in [-0.15, -0.1) is 0 Å². The lowest BCUT2D eigenvalue weighted by Gasteiger charge is -2.34. The van der Waals surface area contributed by atoms with Crippen molar-refractivity contribution in [1.82, 2.24) is 0 Å². The van der Waals surface area contributed by atoms with Crippen LogP contribution in [-0.4, -0.2) is 0 Å². The van der Waals surface area contributed by atoms with Crippen LogP contribution in [0.1, 0.15) is 22.3 Å². The lowest BCUT2D eigenvalue weighted by molar-refractivity contribution is 0.799. The lowest BCUT2D eigenvalue weighted by Crippen LogP contribution is -2.27. The zero-order valence-electron chi connectivity index (χ0n) is 41.9. The second-order valence-corrected chi connectivity index (χ2v) is 21.6. The van der Waals surface area contributed by atoms with Gasteiger partial charge in [-0.05, 0) is 187 Å². The van der Waals surface area contributed by atoms with Gasteiger partial charge in [0.25, 0.3) is 0 Å².